The van der Waals surface area contributed by atoms with Gasteiger partial charge in [-0.3, -0.25) is 0 Å². The van der Waals surface area contributed by atoms with Crippen LogP contribution in [-0.4, -0.2) is 32.0 Å². The van der Waals surface area contributed by atoms with E-state index >= 15 is 0 Å². The topological polar surface area (TPSA) is 46.2 Å². The highest BCUT2D eigenvalue weighted by molar-refractivity contribution is 7.92. The summed E-state index contributed by atoms with van der Waals surface area (Å²) in [7, 11) is -3.05. The number of sulfone groups is 1. The van der Waals surface area contributed by atoms with Crippen LogP contribution in [-0.2, 0) is 9.84 Å². The van der Waals surface area contributed by atoms with Gasteiger partial charge in [0.2, 0.25) is 0 Å². The van der Waals surface area contributed by atoms with Crippen LogP contribution in [0.25, 0.3) is 0 Å². The molecule has 0 aromatic rings. The minimum atomic E-state index is -3.05. The molecule has 1 aliphatic carbocycles. The van der Waals surface area contributed by atoms with Crippen LogP contribution >= 0.6 is 0 Å². The summed E-state index contributed by atoms with van der Waals surface area (Å²) < 4.78 is 23.5. The van der Waals surface area contributed by atoms with Crippen LogP contribution in [0, 0.1) is 11.8 Å². The fourth-order valence-electron chi connectivity index (χ4n) is 3.36. The molecule has 0 spiro atoms. The monoisotopic (exact) mass is 289 g/mol. The van der Waals surface area contributed by atoms with E-state index in [0.717, 1.165) is 25.3 Å². The maximum Gasteiger partial charge on any atom is 0.154 e. The molecule has 0 bridgehead atoms. The Kier molecular flexibility index (Phi) is 5.87. The molecule has 0 heterocycles. The van der Waals surface area contributed by atoms with E-state index in [1.54, 1.807) is 0 Å². The van der Waals surface area contributed by atoms with Crippen molar-refractivity contribution in [1.82, 2.24) is 5.32 Å². The van der Waals surface area contributed by atoms with Gasteiger partial charge >= 0.3 is 0 Å². The summed E-state index contributed by atoms with van der Waals surface area (Å²) in [4.78, 5) is 0. The number of hydrogen-bond donors (Lipinski definition) is 1. The van der Waals surface area contributed by atoms with Gasteiger partial charge in [0.25, 0.3) is 0 Å². The van der Waals surface area contributed by atoms with Gasteiger partial charge in [-0.2, -0.15) is 0 Å². The quantitative estimate of drug-likeness (QED) is 0.817. The summed E-state index contributed by atoms with van der Waals surface area (Å²) in [6.45, 7) is 8.90. The third kappa shape index (κ3) is 3.94. The first-order valence-electron chi connectivity index (χ1n) is 7.67. The van der Waals surface area contributed by atoms with Crippen molar-refractivity contribution < 1.29 is 8.42 Å². The first-order valence-corrected chi connectivity index (χ1v) is 9.56. The first kappa shape index (κ1) is 17.0. The van der Waals surface area contributed by atoms with Crippen molar-refractivity contribution in [3.8, 4) is 0 Å². The first-order chi connectivity index (χ1) is 8.74. The summed E-state index contributed by atoms with van der Waals surface area (Å²) in [5, 5.41) is 3.45. The molecule has 0 aliphatic heterocycles. The normalized spacial score (nSPS) is 27.2. The van der Waals surface area contributed by atoms with Crippen LogP contribution < -0.4 is 5.32 Å². The molecule has 0 radical (unpaired) electrons. The molecular formula is C15H31NO2S. The molecule has 1 unspecified atom stereocenters. The fraction of sp³-hybridized carbons (Fsp3) is 1.00. The van der Waals surface area contributed by atoms with Gasteiger partial charge in [0.05, 0.1) is 4.75 Å². The number of rotatable bonds is 6. The van der Waals surface area contributed by atoms with Crippen molar-refractivity contribution >= 4 is 9.84 Å². The lowest BCUT2D eigenvalue weighted by atomic mass is 9.74. The second kappa shape index (κ2) is 6.57. The van der Waals surface area contributed by atoms with Gasteiger partial charge in [-0.05, 0) is 45.1 Å². The number of hydrogen-bond acceptors (Lipinski definition) is 3. The highest BCUT2D eigenvalue weighted by Gasteiger charge is 2.43. The Labute approximate surface area is 119 Å². The van der Waals surface area contributed by atoms with E-state index in [1.165, 1.54) is 25.5 Å². The predicted octanol–water partition coefficient (Wildman–Crippen LogP) is 3.00. The van der Waals surface area contributed by atoms with E-state index in [0.29, 0.717) is 5.92 Å². The lowest BCUT2D eigenvalue weighted by molar-refractivity contribution is 0.196. The van der Waals surface area contributed by atoms with E-state index in [1.807, 2.05) is 13.8 Å². The van der Waals surface area contributed by atoms with E-state index in [4.69, 9.17) is 0 Å². The Morgan fingerprint density at radius 2 is 1.68 bits per heavy atom. The van der Waals surface area contributed by atoms with Crippen LogP contribution in [0.3, 0.4) is 0 Å². The van der Waals surface area contributed by atoms with Gasteiger partial charge in [0.15, 0.2) is 9.84 Å². The highest BCUT2D eigenvalue weighted by atomic mass is 32.2. The van der Waals surface area contributed by atoms with Gasteiger partial charge in [-0.15, -0.1) is 0 Å². The summed E-state index contributed by atoms with van der Waals surface area (Å²) in [6, 6.07) is 0.0744. The molecule has 1 rings (SSSR count). The van der Waals surface area contributed by atoms with Gasteiger partial charge in [0, 0.05) is 12.3 Å². The van der Waals surface area contributed by atoms with Crippen LogP contribution in [0.5, 0.6) is 0 Å². The van der Waals surface area contributed by atoms with Gasteiger partial charge in [-0.25, -0.2) is 8.42 Å². The number of nitrogens with one attached hydrogen (secondary N) is 1. The Morgan fingerprint density at radius 1 is 1.16 bits per heavy atom. The molecule has 3 nitrogen and oxygen atoms in total. The van der Waals surface area contributed by atoms with Crippen molar-refractivity contribution in [2.45, 2.75) is 70.6 Å². The highest BCUT2D eigenvalue weighted by Crippen LogP contribution is 2.37. The Balaban J connectivity index is 2.84. The summed E-state index contributed by atoms with van der Waals surface area (Å²) in [5.74, 6) is 1.34. The molecule has 1 fully saturated rings. The largest absolute Gasteiger partial charge is 0.312 e. The van der Waals surface area contributed by atoms with Crippen molar-refractivity contribution in [2.24, 2.45) is 11.8 Å². The van der Waals surface area contributed by atoms with Crippen LogP contribution in [0.2, 0.25) is 0 Å². The second-order valence-corrected chi connectivity index (χ2v) is 9.20. The molecule has 0 saturated heterocycles. The SMILES string of the molecule is CCNC(C1CCC(CC)CC1)C(C)(C)S(C)(=O)=O. The molecule has 114 valence electrons. The standard InChI is InChI=1S/C15H31NO2S/c1-6-12-8-10-13(11-9-12)14(16-7-2)15(3,4)19(5,17)18/h12-14,16H,6-11H2,1-5H3. The predicted molar refractivity (Wildman–Crippen MR) is 82.1 cm³/mol. The smallest absolute Gasteiger partial charge is 0.154 e. The average molecular weight is 289 g/mol. The summed E-state index contributed by atoms with van der Waals surface area (Å²) in [6.07, 6.45) is 7.46. The van der Waals surface area contributed by atoms with Crippen molar-refractivity contribution in [1.29, 1.82) is 0 Å². The molecule has 1 saturated carbocycles. The van der Waals surface area contributed by atoms with E-state index in [9.17, 15) is 8.42 Å². The van der Waals surface area contributed by atoms with Crippen molar-refractivity contribution in [3.05, 3.63) is 0 Å². The van der Waals surface area contributed by atoms with Crippen molar-refractivity contribution in [3.63, 3.8) is 0 Å². The molecule has 19 heavy (non-hydrogen) atoms. The minimum absolute atomic E-state index is 0.0744. The zero-order valence-corrected chi connectivity index (χ0v) is 14.0. The minimum Gasteiger partial charge on any atom is -0.312 e. The zero-order chi connectivity index (χ0) is 14.7. The van der Waals surface area contributed by atoms with Crippen LogP contribution in [0.1, 0.15) is 59.8 Å². The van der Waals surface area contributed by atoms with Crippen LogP contribution in [0.4, 0.5) is 0 Å². The van der Waals surface area contributed by atoms with E-state index in [-0.39, 0.29) is 6.04 Å². The molecule has 0 aromatic carbocycles. The molecule has 0 amide bonds. The lowest BCUT2D eigenvalue weighted by Crippen LogP contribution is -2.55. The summed E-state index contributed by atoms with van der Waals surface area (Å²) >= 11 is 0. The molecule has 4 heteroatoms. The van der Waals surface area contributed by atoms with Crippen molar-refractivity contribution in [2.75, 3.05) is 12.8 Å². The summed E-state index contributed by atoms with van der Waals surface area (Å²) in [5.41, 5.74) is 0. The second-order valence-electron chi connectivity index (χ2n) is 6.60. The Hall–Kier alpha value is -0.0900. The lowest BCUT2D eigenvalue weighted by Gasteiger charge is -2.41. The third-order valence-electron chi connectivity index (χ3n) is 5.07. The molecule has 1 N–H and O–H groups in total. The maximum absolute atomic E-state index is 12.1. The molecule has 1 aliphatic rings. The average Bonchev–Trinajstić information content (AvgIpc) is 2.34. The third-order valence-corrected chi connectivity index (χ3v) is 7.23. The fourth-order valence-corrected chi connectivity index (χ4v) is 4.10. The van der Waals surface area contributed by atoms with E-state index < -0.39 is 14.6 Å². The van der Waals surface area contributed by atoms with Gasteiger partial charge in [-0.1, -0.05) is 33.1 Å². The Bertz CT molecular complexity index is 368. The zero-order valence-electron chi connectivity index (χ0n) is 13.2. The Morgan fingerprint density at radius 3 is 2.05 bits per heavy atom. The van der Waals surface area contributed by atoms with Gasteiger partial charge < -0.3 is 5.32 Å². The van der Waals surface area contributed by atoms with Gasteiger partial charge in [0.1, 0.15) is 0 Å². The van der Waals surface area contributed by atoms with E-state index in [2.05, 4.69) is 19.2 Å². The molecular weight excluding hydrogens is 258 g/mol. The molecule has 1 atom stereocenters. The van der Waals surface area contributed by atoms with Crippen LogP contribution in [0.15, 0.2) is 0 Å². The maximum atomic E-state index is 12.1. The molecule has 0 aromatic heterocycles.